The van der Waals surface area contributed by atoms with Crippen LogP contribution < -0.4 is 0 Å². The quantitative estimate of drug-likeness (QED) is 0.693. The fraction of sp³-hybridized carbons (Fsp3) is 0.929. The first kappa shape index (κ1) is 12.9. The second kappa shape index (κ2) is 5.38. The Bertz CT molecular complexity index is 277. The Morgan fingerprint density at radius 1 is 1.24 bits per heavy atom. The summed E-state index contributed by atoms with van der Waals surface area (Å²) >= 11 is 0. The minimum absolute atomic E-state index is 0.00474. The van der Waals surface area contributed by atoms with E-state index in [4.69, 9.17) is 4.74 Å². The maximum atomic E-state index is 11.6. The highest BCUT2D eigenvalue weighted by Crippen LogP contribution is 2.39. The van der Waals surface area contributed by atoms with Crippen LogP contribution in [-0.2, 0) is 9.53 Å². The average Bonchev–Trinajstić information content (AvgIpc) is 2.36. The van der Waals surface area contributed by atoms with Crippen LogP contribution in [0.1, 0.15) is 39.5 Å². The summed E-state index contributed by atoms with van der Waals surface area (Å²) < 4.78 is 4.89. The fourth-order valence-corrected chi connectivity index (χ4v) is 3.50. The van der Waals surface area contributed by atoms with Crippen molar-refractivity contribution in [1.82, 2.24) is 4.90 Å². The van der Waals surface area contributed by atoms with Crippen LogP contribution in [0.4, 0.5) is 0 Å². The van der Waals surface area contributed by atoms with Crippen LogP contribution in [-0.4, -0.2) is 37.1 Å². The molecule has 3 nitrogen and oxygen atoms in total. The topological polar surface area (TPSA) is 29.5 Å². The van der Waals surface area contributed by atoms with Crippen molar-refractivity contribution in [3.63, 3.8) is 0 Å². The van der Waals surface area contributed by atoms with Gasteiger partial charge in [0.1, 0.15) is 0 Å². The van der Waals surface area contributed by atoms with Crippen LogP contribution in [0.25, 0.3) is 0 Å². The highest BCUT2D eigenvalue weighted by Gasteiger charge is 2.37. The Balaban J connectivity index is 1.94. The molecule has 1 saturated carbocycles. The van der Waals surface area contributed by atoms with E-state index in [0.29, 0.717) is 12.0 Å². The Morgan fingerprint density at radius 2 is 2.00 bits per heavy atom. The number of likely N-dealkylation sites (tertiary alicyclic amines) is 1. The van der Waals surface area contributed by atoms with Gasteiger partial charge in [-0.3, -0.25) is 4.79 Å². The molecule has 0 aromatic heterocycles. The van der Waals surface area contributed by atoms with Gasteiger partial charge in [0.15, 0.2) is 0 Å². The van der Waals surface area contributed by atoms with E-state index in [-0.39, 0.29) is 11.9 Å². The molecule has 1 aliphatic heterocycles. The molecule has 0 amide bonds. The normalized spacial score (nSPS) is 34.5. The lowest BCUT2D eigenvalue weighted by atomic mass is 9.70. The number of fused-ring (bicyclic) bond motifs is 1. The molecule has 2 fully saturated rings. The molecule has 0 bridgehead atoms. The largest absolute Gasteiger partial charge is 0.469 e. The van der Waals surface area contributed by atoms with Crippen LogP contribution in [0.2, 0.25) is 0 Å². The molecule has 0 N–H and O–H groups in total. The van der Waals surface area contributed by atoms with Crippen LogP contribution >= 0.6 is 0 Å². The molecule has 1 saturated heterocycles. The molecule has 0 aromatic rings. The summed E-state index contributed by atoms with van der Waals surface area (Å²) in [5.74, 6) is 1.73. The molecule has 98 valence electrons. The maximum Gasteiger partial charge on any atom is 0.308 e. The zero-order valence-corrected chi connectivity index (χ0v) is 11.3. The molecular weight excluding hydrogens is 214 g/mol. The lowest BCUT2D eigenvalue weighted by molar-refractivity contribution is -0.148. The number of rotatable bonds is 2. The summed E-state index contributed by atoms with van der Waals surface area (Å²) in [6, 6.07) is 0.634. The zero-order valence-electron chi connectivity index (χ0n) is 11.3. The number of carbonyl (C=O) groups is 1. The summed E-state index contributed by atoms with van der Waals surface area (Å²) in [7, 11) is 1.51. The van der Waals surface area contributed by atoms with Gasteiger partial charge in [0.05, 0.1) is 13.0 Å². The Hall–Kier alpha value is -0.570. The molecule has 0 radical (unpaired) electrons. The van der Waals surface area contributed by atoms with Gasteiger partial charge in [-0.1, -0.05) is 0 Å². The molecule has 3 heteroatoms. The van der Waals surface area contributed by atoms with Crippen molar-refractivity contribution in [2.75, 3.05) is 20.2 Å². The van der Waals surface area contributed by atoms with Crippen molar-refractivity contribution in [2.45, 2.75) is 45.6 Å². The number of carbonyl (C=O) groups excluding carboxylic acids is 1. The van der Waals surface area contributed by atoms with Gasteiger partial charge < -0.3 is 9.64 Å². The summed E-state index contributed by atoms with van der Waals surface area (Å²) in [4.78, 5) is 14.2. The average molecular weight is 239 g/mol. The van der Waals surface area contributed by atoms with E-state index in [1.54, 1.807) is 0 Å². The van der Waals surface area contributed by atoms with Gasteiger partial charge in [0.25, 0.3) is 0 Å². The maximum absolute atomic E-state index is 11.6. The molecule has 0 aromatic carbocycles. The number of hydrogen-bond donors (Lipinski definition) is 0. The third-order valence-electron chi connectivity index (χ3n) is 4.66. The molecular formula is C14H25NO2. The van der Waals surface area contributed by atoms with E-state index in [9.17, 15) is 4.79 Å². The zero-order chi connectivity index (χ0) is 12.4. The van der Waals surface area contributed by atoms with Gasteiger partial charge in [0, 0.05) is 12.6 Å². The number of methoxy groups -OCH3 is 1. The number of hydrogen-bond acceptors (Lipinski definition) is 3. The Kier molecular flexibility index (Phi) is 4.08. The molecule has 1 heterocycles. The first-order valence-corrected chi connectivity index (χ1v) is 6.93. The highest BCUT2D eigenvalue weighted by molar-refractivity contribution is 5.72. The number of nitrogens with zero attached hydrogens (tertiary/aromatic N) is 1. The Labute approximate surface area is 105 Å². The third kappa shape index (κ3) is 2.82. The van der Waals surface area contributed by atoms with E-state index in [1.807, 2.05) is 0 Å². The van der Waals surface area contributed by atoms with Gasteiger partial charge in [-0.25, -0.2) is 0 Å². The molecule has 2 aliphatic rings. The van der Waals surface area contributed by atoms with Gasteiger partial charge in [0.2, 0.25) is 0 Å². The summed E-state index contributed by atoms with van der Waals surface area (Å²) in [5, 5.41) is 0. The van der Waals surface area contributed by atoms with Crippen molar-refractivity contribution in [3.8, 4) is 0 Å². The van der Waals surface area contributed by atoms with E-state index in [2.05, 4.69) is 18.7 Å². The lowest BCUT2D eigenvalue weighted by Crippen LogP contribution is -2.46. The van der Waals surface area contributed by atoms with Crippen molar-refractivity contribution in [3.05, 3.63) is 0 Å². The molecule has 1 unspecified atom stereocenters. The van der Waals surface area contributed by atoms with Crippen molar-refractivity contribution in [2.24, 2.45) is 17.8 Å². The van der Waals surface area contributed by atoms with E-state index in [1.165, 1.54) is 33.0 Å². The molecule has 2 rings (SSSR count). The third-order valence-corrected chi connectivity index (χ3v) is 4.66. The first-order chi connectivity index (χ1) is 8.11. The summed E-state index contributed by atoms with van der Waals surface area (Å²) in [6.45, 7) is 6.94. The minimum Gasteiger partial charge on any atom is -0.469 e. The van der Waals surface area contributed by atoms with Crippen LogP contribution in [0.15, 0.2) is 0 Å². The monoisotopic (exact) mass is 239 g/mol. The SMILES string of the molecule is COC(=O)C1CC[C@@H]2CCN(C(C)C)C[C@@H]2C1. The van der Waals surface area contributed by atoms with E-state index < -0.39 is 0 Å². The van der Waals surface area contributed by atoms with Crippen molar-refractivity contribution < 1.29 is 9.53 Å². The van der Waals surface area contributed by atoms with E-state index in [0.717, 1.165) is 18.8 Å². The fourth-order valence-electron chi connectivity index (χ4n) is 3.50. The van der Waals surface area contributed by atoms with E-state index >= 15 is 0 Å². The van der Waals surface area contributed by atoms with Crippen LogP contribution in [0.3, 0.4) is 0 Å². The predicted molar refractivity (Wildman–Crippen MR) is 67.7 cm³/mol. The standard InChI is InChI=1S/C14H25NO2/c1-10(2)15-7-6-11-4-5-12(14(16)17-3)8-13(11)9-15/h10-13H,4-9H2,1-3H3/t11-,12?,13+/m1/s1. The summed E-state index contributed by atoms with van der Waals surface area (Å²) in [6.07, 6.45) is 4.61. The summed E-state index contributed by atoms with van der Waals surface area (Å²) in [5.41, 5.74) is 0. The van der Waals surface area contributed by atoms with Crippen molar-refractivity contribution >= 4 is 5.97 Å². The van der Waals surface area contributed by atoms with Crippen molar-refractivity contribution in [1.29, 1.82) is 0 Å². The van der Waals surface area contributed by atoms with Crippen LogP contribution in [0.5, 0.6) is 0 Å². The highest BCUT2D eigenvalue weighted by atomic mass is 16.5. The molecule has 1 aliphatic carbocycles. The lowest BCUT2D eigenvalue weighted by Gasteiger charge is -2.44. The van der Waals surface area contributed by atoms with Crippen LogP contribution in [0, 0.1) is 17.8 Å². The van der Waals surface area contributed by atoms with Gasteiger partial charge in [-0.15, -0.1) is 0 Å². The van der Waals surface area contributed by atoms with Gasteiger partial charge >= 0.3 is 5.97 Å². The molecule has 17 heavy (non-hydrogen) atoms. The molecule has 3 atom stereocenters. The first-order valence-electron chi connectivity index (χ1n) is 6.93. The second-order valence-electron chi connectivity index (χ2n) is 5.93. The molecule has 0 spiro atoms. The van der Waals surface area contributed by atoms with Gasteiger partial charge in [-0.05, 0) is 57.9 Å². The smallest absolute Gasteiger partial charge is 0.308 e. The minimum atomic E-state index is 0.00474. The second-order valence-corrected chi connectivity index (χ2v) is 5.93. The Morgan fingerprint density at radius 3 is 2.65 bits per heavy atom. The van der Waals surface area contributed by atoms with Gasteiger partial charge in [-0.2, -0.15) is 0 Å². The number of piperidine rings is 1. The predicted octanol–water partition coefficient (Wildman–Crippen LogP) is 2.31. The number of esters is 1. The number of ether oxygens (including phenoxy) is 1.